The third-order valence-electron chi connectivity index (χ3n) is 4.74. The summed E-state index contributed by atoms with van der Waals surface area (Å²) in [6.07, 6.45) is 0. The number of anilines is 2. The number of ketones is 1. The van der Waals surface area contributed by atoms with Gasteiger partial charge < -0.3 is 11.5 Å². The van der Waals surface area contributed by atoms with Crippen molar-refractivity contribution in [1.82, 2.24) is 9.71 Å². The summed E-state index contributed by atoms with van der Waals surface area (Å²) >= 11 is 2.48. The van der Waals surface area contributed by atoms with Crippen LogP contribution >= 0.6 is 22.7 Å². The van der Waals surface area contributed by atoms with Crippen LogP contribution in [-0.4, -0.2) is 25.1 Å². The van der Waals surface area contributed by atoms with Gasteiger partial charge in [0.25, 0.3) is 10.0 Å². The van der Waals surface area contributed by atoms with E-state index < -0.39 is 21.7 Å². The number of pyridine rings is 1. The van der Waals surface area contributed by atoms with E-state index in [1.165, 1.54) is 35.6 Å². The summed E-state index contributed by atoms with van der Waals surface area (Å²) in [4.78, 5) is 29.0. The van der Waals surface area contributed by atoms with E-state index in [1.807, 2.05) is 21.5 Å². The molecule has 0 aliphatic rings. The average molecular weight is 498 g/mol. The number of nitrogens with zero attached hydrogens (tertiary/aromatic N) is 2. The number of benzene rings is 1. The van der Waals surface area contributed by atoms with Crippen molar-refractivity contribution in [2.24, 2.45) is 0 Å². The zero-order chi connectivity index (χ0) is 23.9. The van der Waals surface area contributed by atoms with Crippen LogP contribution in [0.3, 0.4) is 0 Å². The largest absolute Gasteiger partial charge is 0.397 e. The van der Waals surface area contributed by atoms with E-state index in [0.717, 1.165) is 23.8 Å². The summed E-state index contributed by atoms with van der Waals surface area (Å²) in [5.74, 6) is -1.12. The molecule has 33 heavy (non-hydrogen) atoms. The third kappa shape index (κ3) is 3.93. The van der Waals surface area contributed by atoms with Gasteiger partial charge >= 0.3 is 0 Å². The summed E-state index contributed by atoms with van der Waals surface area (Å²) in [6.45, 7) is 1.09. The Labute approximate surface area is 196 Å². The highest BCUT2D eigenvalue weighted by Gasteiger charge is 2.25. The normalized spacial score (nSPS) is 11.3. The van der Waals surface area contributed by atoms with E-state index in [2.05, 4.69) is 11.1 Å². The molecule has 4 aromatic rings. The minimum atomic E-state index is -4.02. The van der Waals surface area contributed by atoms with Crippen LogP contribution in [0.4, 0.5) is 11.5 Å². The second kappa shape index (κ2) is 8.28. The van der Waals surface area contributed by atoms with Gasteiger partial charge in [-0.25, -0.2) is 18.1 Å². The fourth-order valence-corrected chi connectivity index (χ4v) is 6.02. The van der Waals surface area contributed by atoms with Crippen molar-refractivity contribution in [3.8, 4) is 17.2 Å². The second-order valence-electron chi connectivity index (χ2n) is 6.91. The summed E-state index contributed by atoms with van der Waals surface area (Å²) in [6, 6.07) is 9.02. The fourth-order valence-electron chi connectivity index (χ4n) is 3.31. The number of rotatable bonds is 5. The number of amides is 1. The number of fused-ring (bicyclic) bond motifs is 1. The molecule has 1 aromatic carbocycles. The molecule has 1 amide bonds. The SMILES string of the molecule is CC(=O)NS(=O)(=O)c1ccc(C(=O)c2sc3nc(N)c(C#N)c(-c4ccsc4)c3c2N)cc1. The molecule has 3 aromatic heterocycles. The standard InChI is InChI=1S/C21H15N5O4S3/c1-10(27)26-33(29,30)13-4-2-11(3-5-13)18(28)19-17(23)16-15(12-6-7-31-9-12)14(8-22)20(24)25-21(16)32-19/h2-7,9H,23H2,1H3,(H2,24,25)(H,26,27). The lowest BCUT2D eigenvalue weighted by Crippen LogP contribution is -2.28. The molecule has 9 nitrogen and oxygen atoms in total. The van der Waals surface area contributed by atoms with Gasteiger partial charge in [0.15, 0.2) is 0 Å². The molecule has 12 heteroatoms. The molecule has 0 aliphatic carbocycles. The van der Waals surface area contributed by atoms with Gasteiger partial charge in [-0.3, -0.25) is 9.59 Å². The Morgan fingerprint density at radius 3 is 2.42 bits per heavy atom. The lowest BCUT2D eigenvalue weighted by Gasteiger charge is -2.08. The molecule has 4 rings (SSSR count). The van der Waals surface area contributed by atoms with E-state index >= 15 is 0 Å². The Balaban J connectivity index is 1.82. The molecule has 0 fully saturated rings. The second-order valence-corrected chi connectivity index (χ2v) is 10.4. The Hall–Kier alpha value is -3.79. The summed E-state index contributed by atoms with van der Waals surface area (Å²) in [7, 11) is -4.02. The predicted octanol–water partition coefficient (Wildman–Crippen LogP) is 3.12. The Morgan fingerprint density at radius 2 is 1.85 bits per heavy atom. The Morgan fingerprint density at radius 1 is 1.15 bits per heavy atom. The van der Waals surface area contributed by atoms with E-state index in [4.69, 9.17) is 11.5 Å². The first kappa shape index (κ1) is 22.4. The zero-order valence-corrected chi connectivity index (χ0v) is 19.4. The monoisotopic (exact) mass is 497 g/mol. The van der Waals surface area contributed by atoms with Gasteiger partial charge in [-0.05, 0) is 46.7 Å². The summed E-state index contributed by atoms with van der Waals surface area (Å²) in [5.41, 5.74) is 14.2. The molecule has 0 saturated carbocycles. The van der Waals surface area contributed by atoms with E-state index in [0.29, 0.717) is 15.8 Å². The number of nitrogens with two attached hydrogens (primary N) is 2. The zero-order valence-electron chi connectivity index (χ0n) is 16.9. The smallest absolute Gasteiger partial charge is 0.264 e. The number of nitriles is 1. The van der Waals surface area contributed by atoms with Crippen molar-refractivity contribution in [3.05, 3.63) is 57.1 Å². The maximum absolute atomic E-state index is 13.2. The molecule has 0 radical (unpaired) electrons. The molecule has 166 valence electrons. The third-order valence-corrected chi connectivity index (χ3v) is 7.97. The van der Waals surface area contributed by atoms with Crippen LogP contribution in [0.1, 0.15) is 27.7 Å². The first-order valence-electron chi connectivity index (χ1n) is 9.26. The number of carbonyl (C=O) groups excluding carboxylic acids is 2. The minimum absolute atomic E-state index is 0.0407. The molecule has 5 N–H and O–H groups in total. The van der Waals surface area contributed by atoms with Crippen molar-refractivity contribution < 1.29 is 18.0 Å². The molecule has 0 atom stereocenters. The van der Waals surface area contributed by atoms with Crippen molar-refractivity contribution in [2.45, 2.75) is 11.8 Å². The highest BCUT2D eigenvalue weighted by atomic mass is 32.2. The fraction of sp³-hybridized carbons (Fsp3) is 0.0476. The summed E-state index contributed by atoms with van der Waals surface area (Å²) in [5, 5.41) is 13.8. The highest BCUT2D eigenvalue weighted by Crippen LogP contribution is 2.43. The maximum atomic E-state index is 13.2. The van der Waals surface area contributed by atoms with Gasteiger partial charge in [0.05, 0.1) is 10.6 Å². The van der Waals surface area contributed by atoms with Crippen LogP contribution in [-0.2, 0) is 14.8 Å². The number of sulfonamides is 1. The maximum Gasteiger partial charge on any atom is 0.264 e. The van der Waals surface area contributed by atoms with Gasteiger partial charge in [0, 0.05) is 23.4 Å². The summed E-state index contributed by atoms with van der Waals surface area (Å²) < 4.78 is 26.1. The Bertz CT molecular complexity index is 1570. The number of hydrogen-bond donors (Lipinski definition) is 3. The molecular weight excluding hydrogens is 482 g/mol. The van der Waals surface area contributed by atoms with Crippen molar-refractivity contribution in [1.29, 1.82) is 5.26 Å². The molecule has 0 bridgehead atoms. The molecule has 3 heterocycles. The molecule has 0 spiro atoms. The lowest BCUT2D eigenvalue weighted by molar-refractivity contribution is -0.117. The van der Waals surface area contributed by atoms with Gasteiger partial charge in [-0.2, -0.15) is 16.6 Å². The van der Waals surface area contributed by atoms with Crippen LogP contribution in [0, 0.1) is 11.3 Å². The van der Waals surface area contributed by atoms with Gasteiger partial charge in [-0.15, -0.1) is 11.3 Å². The predicted molar refractivity (Wildman–Crippen MR) is 127 cm³/mol. The quantitative estimate of drug-likeness (QED) is 0.353. The molecule has 0 aliphatic heterocycles. The lowest BCUT2D eigenvalue weighted by atomic mass is 9.99. The minimum Gasteiger partial charge on any atom is -0.397 e. The Kier molecular flexibility index (Phi) is 5.62. The van der Waals surface area contributed by atoms with Crippen LogP contribution in [0.15, 0.2) is 46.0 Å². The average Bonchev–Trinajstić information content (AvgIpc) is 3.40. The van der Waals surface area contributed by atoms with Crippen molar-refractivity contribution in [2.75, 3.05) is 11.5 Å². The number of nitrogens with one attached hydrogen (secondary N) is 1. The van der Waals surface area contributed by atoms with Crippen molar-refractivity contribution >= 4 is 66.1 Å². The number of carbonyl (C=O) groups is 2. The van der Waals surface area contributed by atoms with Crippen LogP contribution in [0.2, 0.25) is 0 Å². The number of thiophene rings is 2. The van der Waals surface area contributed by atoms with E-state index in [9.17, 15) is 23.3 Å². The molecular formula is C21H15N5O4S3. The number of aromatic nitrogens is 1. The first-order chi connectivity index (χ1) is 15.6. The van der Waals surface area contributed by atoms with E-state index in [1.54, 1.807) is 0 Å². The first-order valence-corrected chi connectivity index (χ1v) is 12.5. The van der Waals surface area contributed by atoms with Crippen molar-refractivity contribution in [3.63, 3.8) is 0 Å². The highest BCUT2D eigenvalue weighted by molar-refractivity contribution is 7.90. The van der Waals surface area contributed by atoms with Crippen LogP contribution < -0.4 is 16.2 Å². The van der Waals surface area contributed by atoms with Crippen LogP contribution in [0.25, 0.3) is 21.3 Å². The van der Waals surface area contributed by atoms with Gasteiger partial charge in [0.1, 0.15) is 27.2 Å². The topological polar surface area (TPSA) is 169 Å². The molecule has 0 saturated heterocycles. The van der Waals surface area contributed by atoms with Crippen LogP contribution in [0.5, 0.6) is 0 Å². The van der Waals surface area contributed by atoms with Gasteiger partial charge in [0.2, 0.25) is 11.7 Å². The van der Waals surface area contributed by atoms with Gasteiger partial charge in [-0.1, -0.05) is 0 Å². The molecule has 0 unspecified atom stereocenters. The number of hydrogen-bond acceptors (Lipinski definition) is 10. The number of nitrogen functional groups attached to an aromatic ring is 2. The van der Waals surface area contributed by atoms with E-state index in [-0.39, 0.29) is 32.4 Å².